The molecule has 0 aliphatic rings. The van der Waals surface area contributed by atoms with Crippen LogP contribution in [0.2, 0.25) is 0 Å². The number of primary amides is 1. The molecule has 19 heavy (non-hydrogen) atoms. The van der Waals surface area contributed by atoms with Crippen LogP contribution in [0.5, 0.6) is 5.75 Å². The molecule has 0 saturated carbocycles. The van der Waals surface area contributed by atoms with Gasteiger partial charge in [0.05, 0.1) is 0 Å². The average molecular weight is 267 g/mol. The van der Waals surface area contributed by atoms with Gasteiger partial charge in [0.25, 0.3) is 5.91 Å². The summed E-state index contributed by atoms with van der Waals surface area (Å²) >= 11 is 0. The molecule has 3 N–H and O–H groups in total. The van der Waals surface area contributed by atoms with Gasteiger partial charge in [-0.25, -0.2) is 9.18 Å². The molecule has 0 aromatic heterocycles. The van der Waals surface area contributed by atoms with Crippen LogP contribution in [-0.2, 0) is 9.59 Å². The molecule has 0 bridgehead atoms. The lowest BCUT2D eigenvalue weighted by atomic mass is 10.1. The summed E-state index contributed by atoms with van der Waals surface area (Å²) in [5, 5.41) is 8.56. The first-order valence-corrected chi connectivity index (χ1v) is 5.61. The zero-order valence-electron chi connectivity index (χ0n) is 10.3. The number of nitrogens with two attached hydrogens (primary N) is 1. The number of aliphatic carboxylic acids is 1. The molecular formula is C13H14FNO4. The van der Waals surface area contributed by atoms with E-state index >= 15 is 0 Å². The molecule has 5 nitrogen and oxygen atoms in total. The molecule has 1 atom stereocenters. The van der Waals surface area contributed by atoms with Crippen molar-refractivity contribution >= 4 is 18.0 Å². The van der Waals surface area contributed by atoms with E-state index in [1.54, 1.807) is 6.92 Å². The number of carbonyl (C=O) groups excluding carboxylic acids is 1. The Hall–Kier alpha value is -2.37. The van der Waals surface area contributed by atoms with E-state index in [4.69, 9.17) is 15.6 Å². The monoisotopic (exact) mass is 267 g/mol. The SMILES string of the molecule is CCC(Oc1c(F)cccc1/C=C/C(=O)O)C(N)=O. The molecule has 0 fully saturated rings. The van der Waals surface area contributed by atoms with Crippen LogP contribution >= 0.6 is 0 Å². The topological polar surface area (TPSA) is 89.6 Å². The van der Waals surface area contributed by atoms with E-state index in [1.165, 1.54) is 18.2 Å². The lowest BCUT2D eigenvalue weighted by molar-refractivity contribution is -0.131. The number of carbonyl (C=O) groups is 2. The van der Waals surface area contributed by atoms with Gasteiger partial charge in [-0.2, -0.15) is 0 Å². The Morgan fingerprint density at radius 1 is 1.53 bits per heavy atom. The van der Waals surface area contributed by atoms with E-state index in [1.807, 2.05) is 0 Å². The average Bonchev–Trinajstić information content (AvgIpc) is 2.34. The summed E-state index contributed by atoms with van der Waals surface area (Å²) in [4.78, 5) is 21.5. The summed E-state index contributed by atoms with van der Waals surface area (Å²) in [5.74, 6) is -2.76. The lowest BCUT2D eigenvalue weighted by Crippen LogP contribution is -2.33. The zero-order chi connectivity index (χ0) is 14.4. The molecule has 0 saturated heterocycles. The van der Waals surface area contributed by atoms with Crippen molar-refractivity contribution in [3.63, 3.8) is 0 Å². The predicted molar refractivity (Wildman–Crippen MR) is 67.0 cm³/mol. The maximum Gasteiger partial charge on any atom is 0.328 e. The number of halogens is 1. The molecule has 0 spiro atoms. The van der Waals surface area contributed by atoms with Crippen LogP contribution in [0, 0.1) is 5.82 Å². The number of hydrogen-bond donors (Lipinski definition) is 2. The van der Waals surface area contributed by atoms with Gasteiger partial charge in [-0.05, 0) is 18.6 Å². The minimum atomic E-state index is -1.17. The van der Waals surface area contributed by atoms with Crippen molar-refractivity contribution in [3.05, 3.63) is 35.7 Å². The number of benzene rings is 1. The van der Waals surface area contributed by atoms with Crippen molar-refractivity contribution in [2.24, 2.45) is 5.73 Å². The molecule has 1 aromatic rings. The molecule has 1 unspecified atom stereocenters. The third-order valence-electron chi connectivity index (χ3n) is 2.35. The van der Waals surface area contributed by atoms with Crippen LogP contribution in [0.1, 0.15) is 18.9 Å². The standard InChI is InChI=1S/C13H14FNO4/c1-2-10(13(15)18)19-12-8(6-7-11(16)17)4-3-5-9(12)14/h3-7,10H,2H2,1H3,(H2,15,18)(H,16,17)/b7-6+. The van der Waals surface area contributed by atoms with E-state index in [9.17, 15) is 14.0 Å². The predicted octanol–water partition coefficient (Wildman–Crippen LogP) is 1.57. The molecule has 0 aliphatic carbocycles. The largest absolute Gasteiger partial charge is 0.478 e. The van der Waals surface area contributed by atoms with Gasteiger partial charge < -0.3 is 15.6 Å². The van der Waals surface area contributed by atoms with E-state index in [2.05, 4.69) is 0 Å². The first-order chi connectivity index (χ1) is 8.95. The smallest absolute Gasteiger partial charge is 0.328 e. The fraction of sp³-hybridized carbons (Fsp3) is 0.231. The van der Waals surface area contributed by atoms with E-state index < -0.39 is 23.8 Å². The van der Waals surface area contributed by atoms with Crippen LogP contribution in [-0.4, -0.2) is 23.1 Å². The molecule has 0 heterocycles. The van der Waals surface area contributed by atoms with Crippen LogP contribution in [0.15, 0.2) is 24.3 Å². The highest BCUT2D eigenvalue weighted by atomic mass is 19.1. The molecule has 1 rings (SSSR count). The second kappa shape index (κ2) is 6.53. The minimum absolute atomic E-state index is 0.189. The molecule has 1 amide bonds. The summed E-state index contributed by atoms with van der Waals surface area (Å²) in [6.45, 7) is 1.67. The fourth-order valence-electron chi connectivity index (χ4n) is 1.43. The van der Waals surface area contributed by atoms with Crippen molar-refractivity contribution in [1.29, 1.82) is 0 Å². The van der Waals surface area contributed by atoms with Gasteiger partial charge in [-0.3, -0.25) is 4.79 Å². The normalized spacial score (nSPS) is 12.3. The van der Waals surface area contributed by atoms with Crippen LogP contribution in [0.3, 0.4) is 0 Å². The highest BCUT2D eigenvalue weighted by Crippen LogP contribution is 2.25. The maximum absolute atomic E-state index is 13.7. The van der Waals surface area contributed by atoms with Crippen molar-refractivity contribution < 1.29 is 23.8 Å². The number of rotatable bonds is 6. The molecule has 0 aliphatic heterocycles. The second-order valence-corrected chi connectivity index (χ2v) is 3.75. The van der Waals surface area contributed by atoms with Crippen LogP contribution < -0.4 is 10.5 Å². The number of ether oxygens (including phenoxy) is 1. The Morgan fingerprint density at radius 3 is 2.74 bits per heavy atom. The summed E-state index contributed by atoms with van der Waals surface area (Å²) < 4.78 is 18.9. The van der Waals surface area contributed by atoms with Crippen LogP contribution in [0.25, 0.3) is 6.08 Å². The number of amides is 1. The van der Waals surface area contributed by atoms with E-state index in [0.29, 0.717) is 0 Å². The zero-order valence-corrected chi connectivity index (χ0v) is 10.3. The van der Waals surface area contributed by atoms with Crippen molar-refractivity contribution in [2.75, 3.05) is 0 Å². The van der Waals surface area contributed by atoms with Crippen molar-refractivity contribution in [3.8, 4) is 5.75 Å². The van der Waals surface area contributed by atoms with Gasteiger partial charge in [0.2, 0.25) is 0 Å². The van der Waals surface area contributed by atoms with Crippen molar-refractivity contribution in [1.82, 2.24) is 0 Å². The fourth-order valence-corrected chi connectivity index (χ4v) is 1.43. The summed E-state index contributed by atoms with van der Waals surface area (Å²) in [6, 6.07) is 4.04. The van der Waals surface area contributed by atoms with Crippen LogP contribution in [0.4, 0.5) is 4.39 Å². The Balaban J connectivity index is 3.10. The highest BCUT2D eigenvalue weighted by Gasteiger charge is 2.18. The van der Waals surface area contributed by atoms with Gasteiger partial charge in [-0.15, -0.1) is 0 Å². The highest BCUT2D eigenvalue weighted by molar-refractivity contribution is 5.86. The Morgan fingerprint density at radius 2 is 2.21 bits per heavy atom. The van der Waals surface area contributed by atoms with Crippen molar-refractivity contribution in [2.45, 2.75) is 19.4 Å². The van der Waals surface area contributed by atoms with Gasteiger partial charge in [0.15, 0.2) is 17.7 Å². The molecular weight excluding hydrogens is 253 g/mol. The summed E-state index contributed by atoms with van der Waals surface area (Å²) in [5.41, 5.74) is 5.34. The summed E-state index contributed by atoms with van der Waals surface area (Å²) in [6.07, 6.45) is 1.36. The lowest BCUT2D eigenvalue weighted by Gasteiger charge is -2.16. The van der Waals surface area contributed by atoms with Gasteiger partial charge in [0.1, 0.15) is 0 Å². The summed E-state index contributed by atoms with van der Waals surface area (Å²) in [7, 11) is 0. The minimum Gasteiger partial charge on any atom is -0.478 e. The second-order valence-electron chi connectivity index (χ2n) is 3.75. The van der Waals surface area contributed by atoms with Gasteiger partial charge in [0, 0.05) is 11.6 Å². The third-order valence-corrected chi connectivity index (χ3v) is 2.35. The van der Waals surface area contributed by atoms with E-state index in [-0.39, 0.29) is 17.7 Å². The molecule has 0 radical (unpaired) electrons. The molecule has 6 heteroatoms. The number of carboxylic acid groups (broad SMARTS) is 1. The van der Waals surface area contributed by atoms with E-state index in [0.717, 1.165) is 12.1 Å². The first-order valence-electron chi connectivity index (χ1n) is 5.61. The number of hydrogen-bond acceptors (Lipinski definition) is 3. The third kappa shape index (κ3) is 4.09. The maximum atomic E-state index is 13.7. The Labute approximate surface area is 109 Å². The van der Waals surface area contributed by atoms with Gasteiger partial charge in [-0.1, -0.05) is 19.1 Å². The molecule has 1 aromatic carbocycles. The first kappa shape index (κ1) is 14.7. The van der Waals surface area contributed by atoms with Gasteiger partial charge >= 0.3 is 5.97 Å². The Kier molecular flexibility index (Phi) is 5.05. The number of para-hydroxylation sites is 1. The quantitative estimate of drug-likeness (QED) is 0.765. The molecule has 102 valence electrons. The Bertz CT molecular complexity index is 513. The number of carboxylic acids is 1.